The molecule has 1 saturated heterocycles. The van der Waals surface area contributed by atoms with Gasteiger partial charge in [0.15, 0.2) is 0 Å². The van der Waals surface area contributed by atoms with Crippen LogP contribution < -0.4 is 10.2 Å². The van der Waals surface area contributed by atoms with Crippen LogP contribution in [-0.4, -0.2) is 30.8 Å². The molecule has 1 aromatic carbocycles. The normalized spacial score (nSPS) is 22.3. The van der Waals surface area contributed by atoms with Crippen LogP contribution in [0.2, 0.25) is 0 Å². The molecule has 112 valence electrons. The van der Waals surface area contributed by atoms with Crippen LogP contribution in [0.1, 0.15) is 40.2 Å². The topological polar surface area (TPSA) is 24.5 Å². The molecule has 1 fully saturated rings. The highest BCUT2D eigenvalue weighted by atomic mass is 16.5. The zero-order valence-corrected chi connectivity index (χ0v) is 13.4. The number of morpholine rings is 1. The maximum Gasteiger partial charge on any atom is 0.0805 e. The van der Waals surface area contributed by atoms with Gasteiger partial charge in [-0.15, -0.1) is 0 Å². The zero-order valence-electron chi connectivity index (χ0n) is 13.4. The molecular weight excluding hydrogens is 248 g/mol. The standard InChI is InChI=1S/C17H28N2O/c1-13(2)18-10-15-8-6-7-9-16(15)19-11-14(3)20-17(4,5)12-19/h6-9,13-14,18H,10-12H2,1-5H3. The Morgan fingerprint density at radius 3 is 2.70 bits per heavy atom. The lowest BCUT2D eigenvalue weighted by Gasteiger charge is -2.43. The number of rotatable bonds is 4. The van der Waals surface area contributed by atoms with Gasteiger partial charge in [-0.2, -0.15) is 0 Å². The van der Waals surface area contributed by atoms with Gasteiger partial charge in [-0.05, 0) is 32.4 Å². The fourth-order valence-corrected chi connectivity index (χ4v) is 2.92. The summed E-state index contributed by atoms with van der Waals surface area (Å²) in [5, 5.41) is 3.52. The number of ether oxygens (including phenoxy) is 1. The van der Waals surface area contributed by atoms with Gasteiger partial charge in [-0.25, -0.2) is 0 Å². The Hall–Kier alpha value is -1.06. The summed E-state index contributed by atoms with van der Waals surface area (Å²) in [4.78, 5) is 2.46. The fraction of sp³-hybridized carbons (Fsp3) is 0.647. The molecular formula is C17H28N2O. The van der Waals surface area contributed by atoms with Crippen molar-refractivity contribution in [1.29, 1.82) is 0 Å². The van der Waals surface area contributed by atoms with Crippen LogP contribution in [0.15, 0.2) is 24.3 Å². The predicted molar refractivity (Wildman–Crippen MR) is 85.3 cm³/mol. The van der Waals surface area contributed by atoms with E-state index in [1.165, 1.54) is 11.3 Å². The average molecular weight is 276 g/mol. The van der Waals surface area contributed by atoms with E-state index < -0.39 is 0 Å². The number of anilines is 1. The molecule has 0 radical (unpaired) electrons. The Kier molecular flexibility index (Phi) is 4.71. The summed E-state index contributed by atoms with van der Waals surface area (Å²) in [5.74, 6) is 0. The van der Waals surface area contributed by atoms with Crippen LogP contribution in [0.3, 0.4) is 0 Å². The van der Waals surface area contributed by atoms with Crippen LogP contribution in [-0.2, 0) is 11.3 Å². The molecule has 1 N–H and O–H groups in total. The van der Waals surface area contributed by atoms with Crippen LogP contribution >= 0.6 is 0 Å². The van der Waals surface area contributed by atoms with Crippen molar-refractivity contribution >= 4 is 5.69 Å². The highest BCUT2D eigenvalue weighted by Crippen LogP contribution is 2.28. The van der Waals surface area contributed by atoms with E-state index in [0.29, 0.717) is 6.04 Å². The van der Waals surface area contributed by atoms with Gasteiger partial charge in [0.05, 0.1) is 11.7 Å². The third kappa shape index (κ3) is 3.97. The number of nitrogens with zero attached hydrogens (tertiary/aromatic N) is 1. The minimum atomic E-state index is -0.0870. The second kappa shape index (κ2) is 6.15. The van der Waals surface area contributed by atoms with Gasteiger partial charge in [0.2, 0.25) is 0 Å². The maximum absolute atomic E-state index is 6.01. The van der Waals surface area contributed by atoms with Crippen molar-refractivity contribution in [1.82, 2.24) is 5.32 Å². The van der Waals surface area contributed by atoms with Gasteiger partial charge in [-0.3, -0.25) is 0 Å². The van der Waals surface area contributed by atoms with E-state index in [1.807, 2.05) is 0 Å². The molecule has 0 amide bonds. The van der Waals surface area contributed by atoms with E-state index in [1.54, 1.807) is 0 Å². The lowest BCUT2D eigenvalue weighted by molar-refractivity contribution is -0.0750. The summed E-state index contributed by atoms with van der Waals surface area (Å²) >= 11 is 0. The SMILES string of the molecule is CC(C)NCc1ccccc1N1CC(C)OC(C)(C)C1. The van der Waals surface area contributed by atoms with Crippen LogP contribution in [0.25, 0.3) is 0 Å². The molecule has 2 rings (SSSR count). The first-order chi connectivity index (χ1) is 9.37. The highest BCUT2D eigenvalue weighted by molar-refractivity contribution is 5.54. The van der Waals surface area contributed by atoms with E-state index in [4.69, 9.17) is 4.74 Å². The van der Waals surface area contributed by atoms with Crippen LogP contribution in [0.5, 0.6) is 0 Å². The second-order valence-corrected chi connectivity index (χ2v) is 6.73. The van der Waals surface area contributed by atoms with E-state index >= 15 is 0 Å². The molecule has 1 atom stereocenters. The van der Waals surface area contributed by atoms with Gasteiger partial charge >= 0.3 is 0 Å². The van der Waals surface area contributed by atoms with E-state index in [9.17, 15) is 0 Å². The van der Waals surface area contributed by atoms with Crippen molar-refractivity contribution in [2.75, 3.05) is 18.0 Å². The predicted octanol–water partition coefficient (Wildman–Crippen LogP) is 3.19. The molecule has 3 heteroatoms. The maximum atomic E-state index is 6.01. The van der Waals surface area contributed by atoms with E-state index in [0.717, 1.165) is 19.6 Å². The minimum absolute atomic E-state index is 0.0870. The van der Waals surface area contributed by atoms with Crippen molar-refractivity contribution in [3.05, 3.63) is 29.8 Å². The average Bonchev–Trinajstić information content (AvgIpc) is 2.34. The molecule has 20 heavy (non-hydrogen) atoms. The Balaban J connectivity index is 2.19. The number of benzene rings is 1. The van der Waals surface area contributed by atoms with Crippen molar-refractivity contribution < 1.29 is 4.74 Å². The molecule has 1 aliphatic heterocycles. The van der Waals surface area contributed by atoms with Crippen molar-refractivity contribution in [3.8, 4) is 0 Å². The Morgan fingerprint density at radius 2 is 2.05 bits per heavy atom. The first kappa shape index (κ1) is 15.3. The molecule has 0 spiro atoms. The number of nitrogens with one attached hydrogen (secondary N) is 1. The molecule has 1 aliphatic rings. The molecule has 0 aliphatic carbocycles. The quantitative estimate of drug-likeness (QED) is 0.914. The molecule has 0 aromatic heterocycles. The van der Waals surface area contributed by atoms with Crippen molar-refractivity contribution in [3.63, 3.8) is 0 Å². The van der Waals surface area contributed by atoms with Crippen molar-refractivity contribution in [2.24, 2.45) is 0 Å². The van der Waals surface area contributed by atoms with E-state index in [2.05, 4.69) is 69.1 Å². The molecule has 3 nitrogen and oxygen atoms in total. The number of hydrogen-bond acceptors (Lipinski definition) is 3. The summed E-state index contributed by atoms with van der Waals surface area (Å²) in [5.41, 5.74) is 2.62. The lowest BCUT2D eigenvalue weighted by Crippen LogP contribution is -2.52. The van der Waals surface area contributed by atoms with Crippen molar-refractivity contribution in [2.45, 2.75) is 58.9 Å². The summed E-state index contributed by atoms with van der Waals surface area (Å²) in [6, 6.07) is 9.20. The van der Waals surface area contributed by atoms with Gasteiger partial charge in [0, 0.05) is 31.4 Å². The van der Waals surface area contributed by atoms with Crippen LogP contribution in [0.4, 0.5) is 5.69 Å². The van der Waals surface area contributed by atoms with Gasteiger partial charge in [0.1, 0.15) is 0 Å². The Labute approximate surface area is 123 Å². The second-order valence-electron chi connectivity index (χ2n) is 6.73. The zero-order chi connectivity index (χ0) is 14.8. The Bertz CT molecular complexity index is 442. The summed E-state index contributed by atoms with van der Waals surface area (Å²) < 4.78 is 6.01. The number of para-hydroxylation sites is 1. The third-order valence-corrected chi connectivity index (χ3v) is 3.60. The summed E-state index contributed by atoms with van der Waals surface area (Å²) in [7, 11) is 0. The monoisotopic (exact) mass is 276 g/mol. The molecule has 0 saturated carbocycles. The first-order valence-electron chi connectivity index (χ1n) is 7.61. The van der Waals surface area contributed by atoms with Gasteiger partial charge < -0.3 is 15.0 Å². The Morgan fingerprint density at radius 1 is 1.35 bits per heavy atom. The molecule has 1 unspecified atom stereocenters. The molecule has 0 bridgehead atoms. The summed E-state index contributed by atoms with van der Waals surface area (Å²) in [6.07, 6.45) is 0.268. The summed E-state index contributed by atoms with van der Waals surface area (Å²) in [6.45, 7) is 13.7. The first-order valence-corrected chi connectivity index (χ1v) is 7.61. The third-order valence-electron chi connectivity index (χ3n) is 3.60. The minimum Gasteiger partial charge on any atom is -0.369 e. The smallest absolute Gasteiger partial charge is 0.0805 e. The number of hydrogen-bond donors (Lipinski definition) is 1. The van der Waals surface area contributed by atoms with Gasteiger partial charge in [-0.1, -0.05) is 32.0 Å². The molecule has 1 aromatic rings. The van der Waals surface area contributed by atoms with Gasteiger partial charge in [0.25, 0.3) is 0 Å². The highest BCUT2D eigenvalue weighted by Gasteiger charge is 2.32. The lowest BCUT2D eigenvalue weighted by atomic mass is 10.0. The molecule has 1 heterocycles. The largest absolute Gasteiger partial charge is 0.369 e. The van der Waals surface area contributed by atoms with Crippen LogP contribution in [0, 0.1) is 0 Å². The van der Waals surface area contributed by atoms with E-state index in [-0.39, 0.29) is 11.7 Å². The fourth-order valence-electron chi connectivity index (χ4n) is 2.92.